The molecule has 3 saturated carbocycles. The van der Waals surface area contributed by atoms with E-state index in [4.69, 9.17) is 9.05 Å². The molecule has 3 aliphatic rings. The molecule has 0 aromatic heterocycles. The number of phosphoric ester groups is 1. The van der Waals surface area contributed by atoms with Gasteiger partial charge in [0.2, 0.25) is 0 Å². The van der Waals surface area contributed by atoms with Crippen molar-refractivity contribution in [2.45, 2.75) is 204 Å². The fraction of sp³-hybridized carbons (Fsp3) is 1.00. The van der Waals surface area contributed by atoms with Crippen LogP contribution in [-0.2, 0) is 13.6 Å². The van der Waals surface area contributed by atoms with E-state index in [-0.39, 0.29) is 13.2 Å². The third kappa shape index (κ3) is 15.4. The lowest BCUT2D eigenvalue weighted by Gasteiger charge is -2.46. The third-order valence-corrected chi connectivity index (χ3v) is 17.8. The summed E-state index contributed by atoms with van der Waals surface area (Å²) in [6, 6.07) is 0. The zero-order valence-electron chi connectivity index (χ0n) is 27.8. The lowest BCUT2D eigenvalue weighted by Crippen LogP contribution is -2.35. The van der Waals surface area contributed by atoms with Crippen LogP contribution in [0, 0.1) is 0 Å². The summed E-state index contributed by atoms with van der Waals surface area (Å²) in [5.41, 5.74) is 3.55. The van der Waals surface area contributed by atoms with Crippen LogP contribution in [0.5, 0.6) is 0 Å². The lowest BCUT2D eigenvalue weighted by molar-refractivity contribution is -0.225. The highest BCUT2D eigenvalue weighted by molar-refractivity contribution is 7.77. The minimum absolute atomic E-state index is 0.253. The second-order valence-corrected chi connectivity index (χ2v) is 19.8. The van der Waals surface area contributed by atoms with Crippen molar-refractivity contribution in [3.63, 3.8) is 0 Å². The average Bonchev–Trinajstić information content (AvgIpc) is 3.01. The quantitative estimate of drug-likeness (QED) is 0.107. The lowest BCUT2D eigenvalue weighted by atomic mass is 9.99. The summed E-state index contributed by atoms with van der Waals surface area (Å²) < 4.78 is 21.2. The van der Waals surface area contributed by atoms with Gasteiger partial charge in [-0.25, -0.2) is 0 Å². The summed E-state index contributed by atoms with van der Waals surface area (Å²) in [6.45, 7) is 7.73. The Morgan fingerprint density at radius 3 is 1.15 bits per heavy atom. The first-order chi connectivity index (χ1) is 19.9. The van der Waals surface area contributed by atoms with Gasteiger partial charge in [-0.2, -0.15) is 0 Å². The molecular weight excluding hydrogens is 546 g/mol. The summed E-state index contributed by atoms with van der Waals surface area (Å²) in [7, 11) is -4.76. The fourth-order valence-electron chi connectivity index (χ4n) is 7.96. The van der Waals surface area contributed by atoms with Crippen LogP contribution >= 0.6 is 15.1 Å². The molecule has 3 fully saturated rings. The van der Waals surface area contributed by atoms with E-state index in [1.807, 2.05) is 0 Å². The standard InChI is InChI=1S/C19H36P.C16H35O4P/c1-20(17-11-5-2-6-12-17,18-13-7-3-8-14-18)19-15-9-4-10-16-19;1-3-5-7-9-11-13-15-19-21(17,18)20-16-14-12-10-8-6-4-2/h17-19H,2-16H2,1H3;3-16H2,1-2H3,(H,17,18)/q+1;/p-1. The van der Waals surface area contributed by atoms with Crippen LogP contribution in [0.15, 0.2) is 0 Å². The molecule has 0 saturated heterocycles. The molecule has 0 aromatic carbocycles. The van der Waals surface area contributed by atoms with Crippen molar-refractivity contribution >= 4 is 15.1 Å². The van der Waals surface area contributed by atoms with E-state index in [0.29, 0.717) is 0 Å². The largest absolute Gasteiger partial charge is 0.756 e. The van der Waals surface area contributed by atoms with Crippen molar-refractivity contribution in [3.8, 4) is 0 Å². The minimum Gasteiger partial charge on any atom is -0.756 e. The van der Waals surface area contributed by atoms with Crippen molar-refractivity contribution in [1.29, 1.82) is 0 Å². The van der Waals surface area contributed by atoms with Gasteiger partial charge in [0.05, 0.1) is 30.2 Å². The molecule has 0 aliphatic heterocycles. The van der Waals surface area contributed by atoms with Crippen molar-refractivity contribution in [1.82, 2.24) is 0 Å². The van der Waals surface area contributed by atoms with E-state index in [1.165, 1.54) is 74.8 Å². The van der Waals surface area contributed by atoms with E-state index >= 15 is 0 Å². The number of rotatable bonds is 19. The van der Waals surface area contributed by atoms with Crippen LogP contribution in [0.4, 0.5) is 0 Å². The van der Waals surface area contributed by atoms with Gasteiger partial charge in [-0.15, -0.1) is 0 Å². The Morgan fingerprint density at radius 1 is 0.537 bits per heavy atom. The Kier molecular flexibility index (Phi) is 21.1. The Morgan fingerprint density at radius 2 is 0.829 bits per heavy atom. The van der Waals surface area contributed by atoms with E-state index in [2.05, 4.69) is 20.5 Å². The molecule has 0 heterocycles. The Balaban J connectivity index is 0.000000287. The Bertz CT molecular complexity index is 587. The number of hydrogen-bond donors (Lipinski definition) is 0. The van der Waals surface area contributed by atoms with E-state index in [9.17, 15) is 9.46 Å². The predicted molar refractivity (Wildman–Crippen MR) is 180 cm³/mol. The van der Waals surface area contributed by atoms with Gasteiger partial charge in [-0.3, -0.25) is 4.57 Å². The molecule has 3 aliphatic carbocycles. The topological polar surface area (TPSA) is 58.6 Å². The fourth-order valence-corrected chi connectivity index (χ4v) is 15.0. The molecule has 0 amide bonds. The maximum atomic E-state index is 11.5. The molecule has 4 nitrogen and oxygen atoms in total. The number of phosphoric acid groups is 1. The summed E-state index contributed by atoms with van der Waals surface area (Å²) in [5, 5.41) is 0. The smallest absolute Gasteiger partial charge is 0.267 e. The van der Waals surface area contributed by atoms with Gasteiger partial charge >= 0.3 is 0 Å². The number of unbranched alkanes of at least 4 members (excludes halogenated alkanes) is 10. The van der Waals surface area contributed by atoms with Crippen LogP contribution < -0.4 is 4.89 Å². The summed E-state index contributed by atoms with van der Waals surface area (Å²) in [5.74, 6) is 0. The maximum absolute atomic E-state index is 11.5. The van der Waals surface area contributed by atoms with Gasteiger partial charge in [0.1, 0.15) is 0 Å². The van der Waals surface area contributed by atoms with E-state index in [0.717, 1.165) is 38.5 Å². The van der Waals surface area contributed by atoms with Crippen LogP contribution in [0.25, 0.3) is 0 Å². The van der Waals surface area contributed by atoms with Crippen LogP contribution in [-0.4, -0.2) is 36.9 Å². The molecular formula is C35H70O4P2. The van der Waals surface area contributed by atoms with Crippen molar-refractivity contribution in [2.24, 2.45) is 0 Å². The molecule has 0 radical (unpaired) electrons. The van der Waals surface area contributed by atoms with Gasteiger partial charge in [-0.05, 0) is 89.9 Å². The molecule has 41 heavy (non-hydrogen) atoms. The zero-order valence-corrected chi connectivity index (χ0v) is 29.6. The number of hydrogen-bond acceptors (Lipinski definition) is 4. The highest BCUT2D eigenvalue weighted by atomic mass is 31.2. The van der Waals surface area contributed by atoms with Crippen LogP contribution in [0.3, 0.4) is 0 Å². The molecule has 0 unspecified atom stereocenters. The van der Waals surface area contributed by atoms with Crippen molar-refractivity contribution < 1.29 is 18.5 Å². The van der Waals surface area contributed by atoms with Crippen molar-refractivity contribution in [2.75, 3.05) is 19.9 Å². The Labute approximate surface area is 257 Å². The molecule has 6 heteroatoms. The summed E-state index contributed by atoms with van der Waals surface area (Å²) in [4.78, 5) is 11.5. The van der Waals surface area contributed by atoms with Crippen LogP contribution in [0.1, 0.15) is 187 Å². The van der Waals surface area contributed by atoms with Gasteiger partial charge in [0, 0.05) is 13.9 Å². The zero-order chi connectivity index (χ0) is 29.7. The monoisotopic (exact) mass is 616 g/mol. The summed E-state index contributed by atoms with van der Waals surface area (Å²) >= 11 is 0. The molecule has 3 rings (SSSR count). The first kappa shape index (κ1) is 37.7. The van der Waals surface area contributed by atoms with E-state index in [1.54, 1.807) is 77.0 Å². The first-order valence-electron chi connectivity index (χ1n) is 18.4. The van der Waals surface area contributed by atoms with Gasteiger partial charge in [-0.1, -0.05) is 97.3 Å². The SMILES string of the molecule is CCCCCCCCOP(=O)([O-])OCCCCCCCC.C[P+](C1CCCCC1)(C1CCCCC1)C1CCCCC1. The van der Waals surface area contributed by atoms with Crippen molar-refractivity contribution in [3.05, 3.63) is 0 Å². The second kappa shape index (κ2) is 23.0. The third-order valence-electron chi connectivity index (χ3n) is 10.6. The highest BCUT2D eigenvalue weighted by Gasteiger charge is 2.53. The van der Waals surface area contributed by atoms with Crippen LogP contribution in [0.2, 0.25) is 0 Å². The molecule has 0 aromatic rings. The van der Waals surface area contributed by atoms with E-state index < -0.39 is 15.1 Å². The maximum Gasteiger partial charge on any atom is 0.267 e. The predicted octanol–water partition coefficient (Wildman–Crippen LogP) is 11.8. The van der Waals surface area contributed by atoms with Gasteiger partial charge < -0.3 is 13.9 Å². The first-order valence-corrected chi connectivity index (χ1v) is 22.3. The molecule has 0 bridgehead atoms. The minimum atomic E-state index is -4.07. The highest BCUT2D eigenvalue weighted by Crippen LogP contribution is 2.74. The Hall–Kier alpha value is 0.540. The average molecular weight is 617 g/mol. The molecule has 244 valence electrons. The van der Waals surface area contributed by atoms with Gasteiger partial charge in [0.25, 0.3) is 7.82 Å². The normalized spacial score (nSPS) is 20.1. The molecule has 0 atom stereocenters. The van der Waals surface area contributed by atoms with Gasteiger partial charge in [0.15, 0.2) is 0 Å². The summed E-state index contributed by atoms with van der Waals surface area (Å²) in [6.07, 6.45) is 36.9. The molecule has 0 N–H and O–H groups in total. The molecule has 0 spiro atoms. The second-order valence-electron chi connectivity index (χ2n) is 13.7.